The molecule has 0 aliphatic heterocycles. The van der Waals surface area contributed by atoms with Gasteiger partial charge in [-0.05, 0) is 35.1 Å². The minimum absolute atomic E-state index is 0.171. The van der Waals surface area contributed by atoms with Gasteiger partial charge in [0.25, 0.3) is 5.91 Å². The summed E-state index contributed by atoms with van der Waals surface area (Å²) < 4.78 is 0. The molecule has 0 spiro atoms. The molecule has 1 heterocycles. The zero-order chi connectivity index (χ0) is 17.0. The molecule has 2 aromatic rings. The summed E-state index contributed by atoms with van der Waals surface area (Å²) in [5.74, 6) is -0.422. The van der Waals surface area contributed by atoms with Gasteiger partial charge in [-0.2, -0.15) is 0 Å². The van der Waals surface area contributed by atoms with Crippen molar-refractivity contribution in [3.05, 3.63) is 46.7 Å². The highest BCUT2D eigenvalue weighted by Gasteiger charge is 2.27. The first kappa shape index (κ1) is 17.2. The average molecular weight is 331 g/mol. The summed E-state index contributed by atoms with van der Waals surface area (Å²) in [6.07, 6.45) is 0. The van der Waals surface area contributed by atoms with Gasteiger partial charge in [0, 0.05) is 11.4 Å². The average Bonchev–Trinajstić information content (AvgIpc) is 3.00. The number of benzene rings is 1. The Balaban J connectivity index is 2.05. The van der Waals surface area contributed by atoms with Crippen LogP contribution in [0.3, 0.4) is 0 Å². The maximum absolute atomic E-state index is 12.2. The van der Waals surface area contributed by atoms with Crippen LogP contribution in [0.25, 0.3) is 0 Å². The molecule has 122 valence electrons. The third-order valence-electron chi connectivity index (χ3n) is 3.35. The second kappa shape index (κ2) is 6.93. The third-order valence-corrected chi connectivity index (χ3v) is 4.22. The van der Waals surface area contributed by atoms with Gasteiger partial charge >= 0.3 is 0 Å². The molecule has 4 N–H and O–H groups in total. The molecular formula is C17H21N3O2S. The molecule has 0 bridgehead atoms. The lowest BCUT2D eigenvalue weighted by Crippen LogP contribution is -2.45. The van der Waals surface area contributed by atoms with Crippen LogP contribution in [0, 0.1) is 5.41 Å². The number of carbonyl (C=O) groups excluding carboxylic acids is 2. The van der Waals surface area contributed by atoms with Gasteiger partial charge in [-0.1, -0.05) is 32.9 Å². The number of rotatable bonds is 4. The normalized spacial score (nSPS) is 12.5. The Labute approximate surface area is 139 Å². The van der Waals surface area contributed by atoms with Gasteiger partial charge in [-0.3, -0.25) is 9.59 Å². The van der Waals surface area contributed by atoms with E-state index in [9.17, 15) is 9.59 Å². The van der Waals surface area contributed by atoms with Crippen molar-refractivity contribution >= 4 is 34.5 Å². The van der Waals surface area contributed by atoms with Crippen LogP contribution < -0.4 is 16.4 Å². The molecule has 0 saturated heterocycles. The number of amides is 2. The van der Waals surface area contributed by atoms with Crippen LogP contribution in [0.4, 0.5) is 11.4 Å². The van der Waals surface area contributed by atoms with Crippen molar-refractivity contribution in [2.45, 2.75) is 26.8 Å². The summed E-state index contributed by atoms with van der Waals surface area (Å²) in [5.41, 5.74) is 6.83. The van der Waals surface area contributed by atoms with E-state index >= 15 is 0 Å². The Morgan fingerprint density at radius 3 is 2.30 bits per heavy atom. The highest BCUT2D eigenvalue weighted by Crippen LogP contribution is 2.21. The van der Waals surface area contributed by atoms with Crippen LogP contribution in [0.5, 0.6) is 0 Å². The van der Waals surface area contributed by atoms with Gasteiger partial charge in [0.2, 0.25) is 5.91 Å². The number of hydrogen-bond donors (Lipinski definition) is 3. The van der Waals surface area contributed by atoms with Crippen LogP contribution in [0.15, 0.2) is 41.8 Å². The van der Waals surface area contributed by atoms with E-state index in [0.717, 1.165) is 0 Å². The molecular weight excluding hydrogens is 310 g/mol. The fourth-order valence-electron chi connectivity index (χ4n) is 1.89. The van der Waals surface area contributed by atoms with Crippen LogP contribution >= 0.6 is 11.3 Å². The van der Waals surface area contributed by atoms with E-state index in [1.54, 1.807) is 30.3 Å². The van der Waals surface area contributed by atoms with Gasteiger partial charge in [0.05, 0.1) is 10.9 Å². The van der Waals surface area contributed by atoms with Crippen molar-refractivity contribution in [1.29, 1.82) is 0 Å². The first-order valence-corrected chi connectivity index (χ1v) is 8.17. The third kappa shape index (κ3) is 4.64. The number of hydrogen-bond acceptors (Lipinski definition) is 4. The van der Waals surface area contributed by atoms with Gasteiger partial charge in [0.15, 0.2) is 0 Å². The predicted molar refractivity (Wildman–Crippen MR) is 94.8 cm³/mol. The van der Waals surface area contributed by atoms with E-state index in [1.807, 2.05) is 32.2 Å². The molecule has 0 radical (unpaired) electrons. The summed E-state index contributed by atoms with van der Waals surface area (Å²) >= 11 is 1.37. The smallest absolute Gasteiger partial charge is 0.265 e. The molecule has 1 aromatic heterocycles. The topological polar surface area (TPSA) is 84.2 Å². The Kier molecular flexibility index (Phi) is 5.18. The van der Waals surface area contributed by atoms with Crippen molar-refractivity contribution in [2.24, 2.45) is 11.1 Å². The van der Waals surface area contributed by atoms with Crippen LogP contribution in [0.2, 0.25) is 0 Å². The Hall–Kier alpha value is -2.18. The Bertz CT molecular complexity index is 690. The van der Waals surface area contributed by atoms with Crippen molar-refractivity contribution in [3.8, 4) is 0 Å². The fraction of sp³-hybridized carbons (Fsp3) is 0.294. The molecule has 0 aliphatic rings. The molecule has 5 nitrogen and oxygen atoms in total. The SMILES string of the molecule is CC(C)(C)[C@H](N)C(=O)Nc1cccc(NC(=O)c2cccs2)c1. The quantitative estimate of drug-likeness (QED) is 0.803. The molecule has 2 rings (SSSR count). The van der Waals surface area contributed by atoms with Crippen LogP contribution in [0.1, 0.15) is 30.4 Å². The zero-order valence-electron chi connectivity index (χ0n) is 13.4. The maximum Gasteiger partial charge on any atom is 0.265 e. The van der Waals surface area contributed by atoms with Crippen molar-refractivity contribution < 1.29 is 9.59 Å². The monoisotopic (exact) mass is 331 g/mol. The maximum atomic E-state index is 12.2. The van der Waals surface area contributed by atoms with Gasteiger partial charge < -0.3 is 16.4 Å². The van der Waals surface area contributed by atoms with Gasteiger partial charge in [-0.25, -0.2) is 0 Å². The van der Waals surface area contributed by atoms with E-state index in [-0.39, 0.29) is 17.2 Å². The fourth-order valence-corrected chi connectivity index (χ4v) is 2.51. The Morgan fingerprint density at radius 2 is 1.74 bits per heavy atom. The van der Waals surface area contributed by atoms with E-state index in [4.69, 9.17) is 5.73 Å². The predicted octanol–water partition coefficient (Wildman–Crippen LogP) is 3.31. The number of carbonyl (C=O) groups is 2. The molecule has 0 fully saturated rings. The lowest BCUT2D eigenvalue weighted by molar-refractivity contribution is -0.119. The van der Waals surface area contributed by atoms with Crippen molar-refractivity contribution in [3.63, 3.8) is 0 Å². The van der Waals surface area contributed by atoms with Crippen molar-refractivity contribution in [2.75, 3.05) is 10.6 Å². The Morgan fingerprint density at radius 1 is 1.09 bits per heavy atom. The molecule has 0 unspecified atom stereocenters. The van der Waals surface area contributed by atoms with Gasteiger partial charge in [-0.15, -0.1) is 11.3 Å². The van der Waals surface area contributed by atoms with Crippen LogP contribution in [-0.4, -0.2) is 17.9 Å². The minimum atomic E-state index is -0.619. The van der Waals surface area contributed by atoms with Crippen LogP contribution in [-0.2, 0) is 4.79 Å². The summed E-state index contributed by atoms with van der Waals surface area (Å²) in [5, 5.41) is 7.44. The van der Waals surface area contributed by atoms with Gasteiger partial charge in [0.1, 0.15) is 0 Å². The molecule has 23 heavy (non-hydrogen) atoms. The highest BCUT2D eigenvalue weighted by molar-refractivity contribution is 7.12. The summed E-state index contributed by atoms with van der Waals surface area (Å²) in [6.45, 7) is 5.73. The van der Waals surface area contributed by atoms with E-state index in [2.05, 4.69) is 10.6 Å². The van der Waals surface area contributed by atoms with Crippen molar-refractivity contribution in [1.82, 2.24) is 0 Å². The minimum Gasteiger partial charge on any atom is -0.325 e. The molecule has 1 aromatic carbocycles. The second-order valence-corrected chi connectivity index (χ2v) is 7.29. The molecule has 0 aliphatic carbocycles. The zero-order valence-corrected chi connectivity index (χ0v) is 14.2. The molecule has 2 amide bonds. The van der Waals surface area contributed by atoms with E-state index in [0.29, 0.717) is 16.3 Å². The number of nitrogens with two attached hydrogens (primary N) is 1. The number of thiophene rings is 1. The summed E-state index contributed by atoms with van der Waals surface area (Å²) in [7, 11) is 0. The van der Waals surface area contributed by atoms with E-state index in [1.165, 1.54) is 11.3 Å². The standard InChI is InChI=1S/C17H21N3O2S/c1-17(2,3)14(18)16(22)20-12-7-4-6-11(10-12)19-15(21)13-8-5-9-23-13/h4-10,14H,18H2,1-3H3,(H,19,21)(H,20,22)/t14-/m1/s1. The highest BCUT2D eigenvalue weighted by atomic mass is 32.1. The first-order chi connectivity index (χ1) is 10.8. The second-order valence-electron chi connectivity index (χ2n) is 6.35. The number of nitrogens with one attached hydrogen (secondary N) is 2. The summed E-state index contributed by atoms with van der Waals surface area (Å²) in [6, 6.07) is 9.96. The van der Waals surface area contributed by atoms with E-state index < -0.39 is 6.04 Å². The molecule has 6 heteroatoms. The summed E-state index contributed by atoms with van der Waals surface area (Å²) in [4.78, 5) is 24.8. The first-order valence-electron chi connectivity index (χ1n) is 7.29. The molecule has 1 atom stereocenters. The lowest BCUT2D eigenvalue weighted by atomic mass is 9.87. The largest absolute Gasteiger partial charge is 0.325 e. The molecule has 0 saturated carbocycles. The lowest BCUT2D eigenvalue weighted by Gasteiger charge is -2.25. The number of anilines is 2.